The third-order valence-corrected chi connectivity index (χ3v) is 4.08. The van der Waals surface area contributed by atoms with Crippen LogP contribution in [0.4, 0.5) is 5.82 Å². The van der Waals surface area contributed by atoms with E-state index in [9.17, 15) is 0 Å². The van der Waals surface area contributed by atoms with Crippen LogP contribution in [0.5, 0.6) is 0 Å². The van der Waals surface area contributed by atoms with Gasteiger partial charge in [0.25, 0.3) is 0 Å². The van der Waals surface area contributed by atoms with Crippen molar-refractivity contribution in [2.45, 2.75) is 45.7 Å². The molecule has 1 aliphatic heterocycles. The lowest BCUT2D eigenvalue weighted by molar-refractivity contribution is 0.169. The Kier molecular flexibility index (Phi) is 4.63. The molecule has 2 atom stereocenters. The van der Waals surface area contributed by atoms with E-state index in [1.807, 2.05) is 6.07 Å². The lowest BCUT2D eigenvalue weighted by Gasteiger charge is -2.43. The Morgan fingerprint density at radius 3 is 2.47 bits per heavy atom. The van der Waals surface area contributed by atoms with Crippen molar-refractivity contribution in [3.8, 4) is 0 Å². The highest BCUT2D eigenvalue weighted by Gasteiger charge is 2.27. The molecule has 2 rings (SSSR count). The van der Waals surface area contributed by atoms with Crippen LogP contribution >= 0.6 is 11.6 Å². The summed E-state index contributed by atoms with van der Waals surface area (Å²) in [7, 11) is 2.18. The van der Waals surface area contributed by atoms with Gasteiger partial charge in [-0.2, -0.15) is 0 Å². The maximum atomic E-state index is 6.12. The molecule has 1 aromatic heterocycles. The molecule has 0 saturated carbocycles. The fraction of sp³-hybridized carbons (Fsp3) is 0.714. The Balaban J connectivity index is 2.21. The summed E-state index contributed by atoms with van der Waals surface area (Å²) >= 11 is 6.12. The summed E-state index contributed by atoms with van der Waals surface area (Å²) < 4.78 is 0. The van der Waals surface area contributed by atoms with Gasteiger partial charge in [-0.3, -0.25) is 4.90 Å². The molecule has 0 aliphatic carbocycles. The minimum atomic E-state index is 0.520. The van der Waals surface area contributed by atoms with Crippen LogP contribution in [-0.4, -0.2) is 47.1 Å². The maximum Gasteiger partial charge on any atom is 0.134 e. The first-order valence-corrected chi connectivity index (χ1v) is 7.39. The lowest BCUT2D eigenvalue weighted by atomic mass is 10.1. The number of hydrogen-bond donors (Lipinski definition) is 0. The van der Waals surface area contributed by atoms with Crippen LogP contribution in [0.3, 0.4) is 0 Å². The molecule has 0 bridgehead atoms. The normalized spacial score (nSPS) is 24.8. The number of likely N-dealkylation sites (N-methyl/N-ethyl adjacent to an activating group) is 1. The third-order valence-electron chi connectivity index (χ3n) is 3.89. The van der Waals surface area contributed by atoms with Gasteiger partial charge in [0.15, 0.2) is 0 Å². The van der Waals surface area contributed by atoms with E-state index in [0.29, 0.717) is 17.2 Å². The third kappa shape index (κ3) is 3.37. The van der Waals surface area contributed by atoms with E-state index in [2.05, 4.69) is 47.6 Å². The SMILES string of the molecule is CCCc1nc(Cl)cc(N2CC(C)N(C)C(C)C2)n1. The van der Waals surface area contributed by atoms with Crippen molar-refractivity contribution in [3.05, 3.63) is 17.0 Å². The average molecular weight is 283 g/mol. The summed E-state index contributed by atoms with van der Waals surface area (Å²) in [5.74, 6) is 1.82. The van der Waals surface area contributed by atoms with Crippen LogP contribution in [0, 0.1) is 0 Å². The number of aryl methyl sites for hydroxylation is 1. The molecule has 1 aromatic rings. The summed E-state index contributed by atoms with van der Waals surface area (Å²) in [4.78, 5) is 13.7. The van der Waals surface area contributed by atoms with E-state index in [1.54, 1.807) is 0 Å². The van der Waals surface area contributed by atoms with Gasteiger partial charge in [-0.25, -0.2) is 9.97 Å². The van der Waals surface area contributed by atoms with Crippen LogP contribution in [0.1, 0.15) is 33.0 Å². The van der Waals surface area contributed by atoms with E-state index in [-0.39, 0.29) is 0 Å². The van der Waals surface area contributed by atoms with Crippen molar-refractivity contribution in [2.24, 2.45) is 0 Å². The Morgan fingerprint density at radius 2 is 1.89 bits per heavy atom. The number of rotatable bonds is 3. The second-order valence-corrected chi connectivity index (χ2v) is 5.87. The van der Waals surface area contributed by atoms with E-state index in [1.165, 1.54) is 0 Å². The monoisotopic (exact) mass is 282 g/mol. The summed E-state index contributed by atoms with van der Waals surface area (Å²) in [6, 6.07) is 2.92. The van der Waals surface area contributed by atoms with Crippen molar-refractivity contribution < 1.29 is 0 Å². The van der Waals surface area contributed by atoms with Gasteiger partial charge >= 0.3 is 0 Å². The van der Waals surface area contributed by atoms with Crippen molar-refractivity contribution in [2.75, 3.05) is 25.0 Å². The van der Waals surface area contributed by atoms with Crippen LogP contribution in [0.25, 0.3) is 0 Å². The molecule has 0 N–H and O–H groups in total. The number of halogens is 1. The predicted molar refractivity (Wildman–Crippen MR) is 79.9 cm³/mol. The van der Waals surface area contributed by atoms with Gasteiger partial charge in [0, 0.05) is 37.7 Å². The Morgan fingerprint density at radius 1 is 1.26 bits per heavy atom. The number of piperazine rings is 1. The molecule has 2 heterocycles. The number of aromatic nitrogens is 2. The molecule has 1 fully saturated rings. The van der Waals surface area contributed by atoms with Gasteiger partial charge in [-0.1, -0.05) is 18.5 Å². The molecule has 19 heavy (non-hydrogen) atoms. The molecule has 4 nitrogen and oxygen atoms in total. The smallest absolute Gasteiger partial charge is 0.134 e. The van der Waals surface area contributed by atoms with Gasteiger partial charge < -0.3 is 4.90 Å². The standard InChI is InChI=1S/C14H23ClN4/c1-5-6-13-16-12(15)7-14(17-13)19-8-10(2)18(4)11(3)9-19/h7,10-11H,5-6,8-9H2,1-4H3. The van der Waals surface area contributed by atoms with E-state index in [4.69, 9.17) is 11.6 Å². The van der Waals surface area contributed by atoms with Gasteiger partial charge in [0.2, 0.25) is 0 Å². The van der Waals surface area contributed by atoms with Crippen molar-refractivity contribution in [1.82, 2.24) is 14.9 Å². The quantitative estimate of drug-likeness (QED) is 0.798. The molecule has 2 unspecified atom stereocenters. The number of hydrogen-bond acceptors (Lipinski definition) is 4. The Labute approximate surface area is 120 Å². The van der Waals surface area contributed by atoms with Gasteiger partial charge in [0.1, 0.15) is 16.8 Å². The lowest BCUT2D eigenvalue weighted by Crippen LogP contribution is -2.55. The van der Waals surface area contributed by atoms with Crippen LogP contribution in [0.2, 0.25) is 5.15 Å². The molecule has 0 aromatic carbocycles. The van der Waals surface area contributed by atoms with E-state index >= 15 is 0 Å². The van der Waals surface area contributed by atoms with Gasteiger partial charge in [0.05, 0.1) is 0 Å². The zero-order valence-corrected chi connectivity index (χ0v) is 13.0. The Hall–Kier alpha value is -0.870. The van der Waals surface area contributed by atoms with Crippen molar-refractivity contribution >= 4 is 17.4 Å². The molecular formula is C14H23ClN4. The van der Waals surface area contributed by atoms with Crippen LogP contribution in [0.15, 0.2) is 6.07 Å². The molecular weight excluding hydrogens is 260 g/mol. The zero-order valence-electron chi connectivity index (χ0n) is 12.2. The summed E-state index contributed by atoms with van der Waals surface area (Å²) in [5.41, 5.74) is 0. The summed E-state index contributed by atoms with van der Waals surface area (Å²) in [6.07, 6.45) is 1.92. The molecule has 0 amide bonds. The summed E-state index contributed by atoms with van der Waals surface area (Å²) in [5, 5.41) is 0.549. The fourth-order valence-corrected chi connectivity index (χ4v) is 2.74. The summed E-state index contributed by atoms with van der Waals surface area (Å²) in [6.45, 7) is 8.60. The highest BCUT2D eigenvalue weighted by atomic mass is 35.5. The van der Waals surface area contributed by atoms with Crippen LogP contribution < -0.4 is 4.90 Å². The highest BCUT2D eigenvalue weighted by molar-refractivity contribution is 6.29. The molecule has 106 valence electrons. The molecule has 1 saturated heterocycles. The average Bonchev–Trinajstić information content (AvgIpc) is 2.35. The number of anilines is 1. The largest absolute Gasteiger partial charge is 0.353 e. The first-order chi connectivity index (χ1) is 9.01. The first-order valence-electron chi connectivity index (χ1n) is 7.01. The Bertz CT molecular complexity index is 425. The second-order valence-electron chi connectivity index (χ2n) is 5.48. The first kappa shape index (κ1) is 14.5. The molecule has 5 heteroatoms. The van der Waals surface area contributed by atoms with E-state index < -0.39 is 0 Å². The zero-order chi connectivity index (χ0) is 14.0. The number of nitrogens with zero attached hydrogens (tertiary/aromatic N) is 4. The van der Waals surface area contributed by atoms with Crippen molar-refractivity contribution in [3.63, 3.8) is 0 Å². The van der Waals surface area contributed by atoms with Gasteiger partial charge in [-0.15, -0.1) is 0 Å². The molecule has 0 radical (unpaired) electrons. The topological polar surface area (TPSA) is 32.3 Å². The minimum Gasteiger partial charge on any atom is -0.353 e. The molecule has 0 spiro atoms. The highest BCUT2D eigenvalue weighted by Crippen LogP contribution is 2.22. The fourth-order valence-electron chi connectivity index (χ4n) is 2.54. The van der Waals surface area contributed by atoms with Gasteiger partial charge in [-0.05, 0) is 27.3 Å². The predicted octanol–water partition coefficient (Wildman–Crippen LogP) is 2.61. The van der Waals surface area contributed by atoms with E-state index in [0.717, 1.165) is 37.6 Å². The van der Waals surface area contributed by atoms with Crippen molar-refractivity contribution in [1.29, 1.82) is 0 Å². The maximum absolute atomic E-state index is 6.12. The molecule has 1 aliphatic rings. The second kappa shape index (κ2) is 6.06. The minimum absolute atomic E-state index is 0.520. The van der Waals surface area contributed by atoms with Crippen LogP contribution in [-0.2, 0) is 6.42 Å².